The zero-order valence-electron chi connectivity index (χ0n) is 20.0. The topological polar surface area (TPSA) is 116 Å². The van der Waals surface area contributed by atoms with Crippen LogP contribution in [0.1, 0.15) is 46.6 Å². The fourth-order valence-electron chi connectivity index (χ4n) is 5.15. The van der Waals surface area contributed by atoms with Crippen molar-refractivity contribution in [2.75, 3.05) is 33.3 Å². The molecule has 1 aromatic heterocycles. The number of hydrogen-bond acceptors (Lipinski definition) is 7. The summed E-state index contributed by atoms with van der Waals surface area (Å²) < 4.78 is 10.9. The lowest BCUT2D eigenvalue weighted by Gasteiger charge is -2.45. The van der Waals surface area contributed by atoms with E-state index in [0.29, 0.717) is 61.7 Å². The molecule has 2 N–H and O–H groups in total. The predicted molar refractivity (Wildman–Crippen MR) is 123 cm³/mol. The molecule has 2 aliphatic heterocycles. The highest BCUT2D eigenvalue weighted by molar-refractivity contribution is 5.96. The van der Waals surface area contributed by atoms with Crippen molar-refractivity contribution < 1.29 is 29.1 Å². The van der Waals surface area contributed by atoms with E-state index in [9.17, 15) is 19.8 Å². The molecule has 2 aromatic rings. The van der Waals surface area contributed by atoms with Gasteiger partial charge in [-0.05, 0) is 50.2 Å². The maximum Gasteiger partial charge on any atom is 0.260 e. The van der Waals surface area contributed by atoms with E-state index in [2.05, 4.69) is 5.16 Å². The Morgan fingerprint density at radius 2 is 1.85 bits per heavy atom. The third kappa shape index (κ3) is 4.95. The highest BCUT2D eigenvalue weighted by Gasteiger charge is 2.41. The van der Waals surface area contributed by atoms with Crippen LogP contribution in [0.15, 0.2) is 28.8 Å². The maximum atomic E-state index is 13.1. The lowest BCUT2D eigenvalue weighted by molar-refractivity contribution is -0.135. The fraction of sp³-hybridized carbons (Fsp3) is 0.560. The minimum Gasteiger partial charge on any atom is -0.483 e. The van der Waals surface area contributed by atoms with Crippen molar-refractivity contribution in [2.24, 2.45) is 5.41 Å². The first-order valence-electron chi connectivity index (χ1n) is 11.7. The summed E-state index contributed by atoms with van der Waals surface area (Å²) in [5.41, 5.74) is 1.38. The van der Waals surface area contributed by atoms with E-state index in [0.717, 1.165) is 5.56 Å². The molecule has 1 fully saturated rings. The summed E-state index contributed by atoms with van der Waals surface area (Å²) in [4.78, 5) is 29.3. The molecule has 9 heteroatoms. The molecule has 4 rings (SSSR count). The fourth-order valence-corrected chi connectivity index (χ4v) is 5.15. The van der Waals surface area contributed by atoms with Gasteiger partial charge in [0.15, 0.2) is 6.61 Å². The summed E-state index contributed by atoms with van der Waals surface area (Å²) in [5.74, 6) is 0.767. The van der Waals surface area contributed by atoms with Gasteiger partial charge in [0.1, 0.15) is 17.1 Å². The van der Waals surface area contributed by atoms with Crippen molar-refractivity contribution >= 4 is 11.8 Å². The van der Waals surface area contributed by atoms with E-state index < -0.39 is 17.6 Å². The van der Waals surface area contributed by atoms with E-state index in [1.165, 1.54) is 0 Å². The largest absolute Gasteiger partial charge is 0.483 e. The zero-order chi connectivity index (χ0) is 24.5. The summed E-state index contributed by atoms with van der Waals surface area (Å²) in [6.07, 6.45) is -0.178. The van der Waals surface area contributed by atoms with Gasteiger partial charge in [-0.15, -0.1) is 0 Å². The summed E-state index contributed by atoms with van der Waals surface area (Å²) in [6, 6.07) is 7.25. The molecule has 34 heavy (non-hydrogen) atoms. The standard InChI is InChI=1S/C25H33N3O6/c1-16-23(17(2)34-26-16)24(32)28-10-8-25(9-11-28)13-20(30)19(29)12-18-6-4-5-7-21(18)33-14-22(31)27(3)15-25/h4-7,19-20,29-30H,8-15H2,1-3H3/t19-,20+/m0/s1. The van der Waals surface area contributed by atoms with Gasteiger partial charge >= 0.3 is 0 Å². The number of hydrogen-bond donors (Lipinski definition) is 2. The van der Waals surface area contributed by atoms with E-state index in [1.807, 2.05) is 18.2 Å². The van der Waals surface area contributed by atoms with Crippen LogP contribution in [-0.4, -0.2) is 82.5 Å². The number of ether oxygens (including phenoxy) is 1. The molecule has 0 radical (unpaired) electrons. The van der Waals surface area contributed by atoms with Gasteiger partial charge in [-0.1, -0.05) is 23.4 Å². The Morgan fingerprint density at radius 1 is 1.15 bits per heavy atom. The molecular weight excluding hydrogens is 438 g/mol. The molecule has 0 unspecified atom stereocenters. The minimum absolute atomic E-state index is 0.0983. The van der Waals surface area contributed by atoms with Crippen molar-refractivity contribution in [1.29, 1.82) is 0 Å². The number of fused-ring (bicyclic) bond motifs is 1. The Hall–Kier alpha value is -2.91. The molecule has 0 saturated carbocycles. The first-order valence-corrected chi connectivity index (χ1v) is 11.7. The number of aromatic nitrogens is 1. The van der Waals surface area contributed by atoms with Crippen LogP contribution < -0.4 is 4.74 Å². The second kappa shape index (κ2) is 9.76. The monoisotopic (exact) mass is 471 g/mol. The maximum absolute atomic E-state index is 13.1. The number of rotatable bonds is 1. The number of aliphatic hydroxyl groups is 2. The number of nitrogens with zero attached hydrogens (tertiary/aromatic N) is 3. The molecule has 1 aromatic carbocycles. The van der Waals surface area contributed by atoms with Crippen molar-refractivity contribution in [1.82, 2.24) is 15.0 Å². The predicted octanol–water partition coefficient (Wildman–Crippen LogP) is 1.72. The Morgan fingerprint density at radius 3 is 2.53 bits per heavy atom. The average molecular weight is 472 g/mol. The average Bonchev–Trinajstić information content (AvgIpc) is 3.15. The van der Waals surface area contributed by atoms with Crippen LogP contribution >= 0.6 is 0 Å². The van der Waals surface area contributed by atoms with Gasteiger partial charge in [0, 0.05) is 33.1 Å². The summed E-state index contributed by atoms with van der Waals surface area (Å²) in [7, 11) is 1.73. The van der Waals surface area contributed by atoms with Crippen LogP contribution in [0.3, 0.4) is 0 Å². The SMILES string of the molecule is Cc1noc(C)c1C(=O)N1CCC2(CC1)C[C@@H](O)[C@@H](O)Cc1ccccc1OCC(=O)N(C)C2. The highest BCUT2D eigenvalue weighted by atomic mass is 16.5. The molecule has 3 heterocycles. The van der Waals surface area contributed by atoms with Gasteiger partial charge in [0.2, 0.25) is 0 Å². The number of benzene rings is 1. The second-order valence-electron chi connectivity index (χ2n) is 9.68. The summed E-state index contributed by atoms with van der Waals surface area (Å²) >= 11 is 0. The number of aryl methyl sites for hydroxylation is 2. The number of amides is 2. The van der Waals surface area contributed by atoms with E-state index in [4.69, 9.17) is 9.26 Å². The highest BCUT2D eigenvalue weighted by Crippen LogP contribution is 2.39. The van der Waals surface area contributed by atoms with Gasteiger partial charge in [0.05, 0.1) is 17.9 Å². The number of piperidine rings is 1. The smallest absolute Gasteiger partial charge is 0.260 e. The number of likely N-dealkylation sites (tertiary alicyclic amines) is 1. The Kier molecular flexibility index (Phi) is 6.95. The van der Waals surface area contributed by atoms with Crippen LogP contribution in [0, 0.1) is 19.3 Å². The molecule has 2 aliphatic rings. The molecule has 9 nitrogen and oxygen atoms in total. The first-order chi connectivity index (χ1) is 16.2. The molecule has 0 bridgehead atoms. The molecule has 1 spiro atoms. The number of aliphatic hydroxyl groups excluding tert-OH is 2. The number of likely N-dealkylation sites (N-methyl/N-ethyl adjacent to an activating group) is 1. The lowest BCUT2D eigenvalue weighted by Crippen LogP contribution is -2.51. The quantitative estimate of drug-likeness (QED) is 0.651. The van der Waals surface area contributed by atoms with E-state index >= 15 is 0 Å². The van der Waals surface area contributed by atoms with E-state index in [1.54, 1.807) is 36.8 Å². The first kappa shape index (κ1) is 24.2. The molecule has 0 aliphatic carbocycles. The van der Waals surface area contributed by atoms with Crippen LogP contribution in [0.25, 0.3) is 0 Å². The van der Waals surface area contributed by atoms with E-state index in [-0.39, 0.29) is 24.8 Å². The minimum atomic E-state index is -0.971. The molecule has 2 amide bonds. The third-order valence-corrected chi connectivity index (χ3v) is 7.20. The number of para-hydroxylation sites is 1. The van der Waals surface area contributed by atoms with Gasteiger partial charge in [-0.25, -0.2) is 0 Å². The Balaban J connectivity index is 1.53. The van der Waals surface area contributed by atoms with Crippen molar-refractivity contribution in [2.45, 2.75) is 51.7 Å². The number of carbonyl (C=O) groups excluding carboxylic acids is 2. The molecular formula is C25H33N3O6. The second-order valence-corrected chi connectivity index (χ2v) is 9.68. The van der Waals surface area contributed by atoms with Crippen LogP contribution in [0.4, 0.5) is 0 Å². The van der Waals surface area contributed by atoms with Crippen LogP contribution in [-0.2, 0) is 11.2 Å². The Labute approximate surface area is 199 Å². The normalized spacial score (nSPS) is 23.6. The number of carbonyl (C=O) groups is 2. The molecule has 184 valence electrons. The Bertz CT molecular complexity index is 1020. The van der Waals surface area contributed by atoms with Crippen LogP contribution in [0.2, 0.25) is 0 Å². The lowest BCUT2D eigenvalue weighted by atomic mass is 9.72. The van der Waals surface area contributed by atoms with Crippen LogP contribution in [0.5, 0.6) is 5.75 Å². The van der Waals surface area contributed by atoms with Gasteiger partial charge in [-0.2, -0.15) is 0 Å². The zero-order valence-corrected chi connectivity index (χ0v) is 20.0. The molecule has 2 atom stereocenters. The van der Waals surface area contributed by atoms with Gasteiger partial charge in [0.25, 0.3) is 11.8 Å². The van der Waals surface area contributed by atoms with Gasteiger partial charge < -0.3 is 29.3 Å². The summed E-state index contributed by atoms with van der Waals surface area (Å²) in [6.45, 7) is 4.75. The van der Waals surface area contributed by atoms with Crippen molar-refractivity contribution in [3.63, 3.8) is 0 Å². The summed E-state index contributed by atoms with van der Waals surface area (Å²) in [5, 5.41) is 25.6. The third-order valence-electron chi connectivity index (χ3n) is 7.20. The van der Waals surface area contributed by atoms with Crippen molar-refractivity contribution in [3.05, 3.63) is 46.8 Å². The van der Waals surface area contributed by atoms with Crippen molar-refractivity contribution in [3.8, 4) is 5.75 Å². The van der Waals surface area contributed by atoms with Gasteiger partial charge in [-0.3, -0.25) is 9.59 Å². The molecule has 1 saturated heterocycles.